The van der Waals surface area contributed by atoms with Crippen molar-refractivity contribution >= 4 is 5.91 Å². The van der Waals surface area contributed by atoms with Gasteiger partial charge in [-0.3, -0.25) is 4.79 Å². The summed E-state index contributed by atoms with van der Waals surface area (Å²) in [5.41, 5.74) is 6.75. The van der Waals surface area contributed by atoms with Gasteiger partial charge in [0.1, 0.15) is 0 Å². The quantitative estimate of drug-likeness (QED) is 0.539. The summed E-state index contributed by atoms with van der Waals surface area (Å²) in [6.07, 6.45) is 1.79. The van der Waals surface area contributed by atoms with Gasteiger partial charge in [-0.15, -0.1) is 6.58 Å². The van der Waals surface area contributed by atoms with Crippen molar-refractivity contribution in [2.75, 3.05) is 6.54 Å². The first kappa shape index (κ1) is 10.5. The Morgan fingerprint density at radius 2 is 2.36 bits per heavy atom. The first-order valence-electron chi connectivity index (χ1n) is 4.44. The van der Waals surface area contributed by atoms with E-state index in [1.165, 1.54) is 0 Å². The molecule has 0 unspecified atom stereocenters. The molecular weight excluding hydrogens is 176 g/mol. The minimum absolute atomic E-state index is 0.393. The number of nitrogens with one attached hydrogen (secondary N) is 1. The Kier molecular flexibility index (Phi) is 3.88. The minimum atomic E-state index is -0.393. The third-order valence-electron chi connectivity index (χ3n) is 1.83. The first-order chi connectivity index (χ1) is 6.74. The van der Waals surface area contributed by atoms with Gasteiger partial charge >= 0.3 is 0 Å². The van der Waals surface area contributed by atoms with Gasteiger partial charge in [-0.2, -0.15) is 0 Å². The van der Waals surface area contributed by atoms with Gasteiger partial charge in [0.15, 0.2) is 0 Å². The molecule has 1 aromatic rings. The fourth-order valence-corrected chi connectivity index (χ4v) is 1.15. The van der Waals surface area contributed by atoms with Crippen LogP contribution in [0.3, 0.4) is 0 Å². The summed E-state index contributed by atoms with van der Waals surface area (Å²) in [6.45, 7) is 5.07. The Morgan fingerprint density at radius 3 is 3.00 bits per heavy atom. The lowest BCUT2D eigenvalue weighted by Crippen LogP contribution is -2.14. The number of hydrogen-bond acceptors (Lipinski definition) is 2. The van der Waals surface area contributed by atoms with Gasteiger partial charge in [0.2, 0.25) is 5.91 Å². The predicted octanol–water partition coefficient (Wildman–Crippen LogP) is 1.06. The second-order valence-corrected chi connectivity index (χ2v) is 2.98. The molecule has 0 aliphatic rings. The van der Waals surface area contributed by atoms with Crippen LogP contribution in [-0.2, 0) is 6.54 Å². The van der Waals surface area contributed by atoms with Crippen molar-refractivity contribution in [1.29, 1.82) is 0 Å². The largest absolute Gasteiger partial charge is 0.366 e. The smallest absolute Gasteiger partial charge is 0.248 e. The van der Waals surface area contributed by atoms with Gasteiger partial charge in [0.05, 0.1) is 0 Å². The van der Waals surface area contributed by atoms with Crippen molar-refractivity contribution < 1.29 is 4.79 Å². The fourth-order valence-electron chi connectivity index (χ4n) is 1.15. The van der Waals surface area contributed by atoms with Crippen molar-refractivity contribution in [1.82, 2.24) is 5.32 Å². The molecule has 14 heavy (non-hydrogen) atoms. The second-order valence-electron chi connectivity index (χ2n) is 2.98. The van der Waals surface area contributed by atoms with Crippen LogP contribution in [-0.4, -0.2) is 12.5 Å². The summed E-state index contributed by atoms with van der Waals surface area (Å²) in [7, 11) is 0. The first-order valence-corrected chi connectivity index (χ1v) is 4.44. The Balaban J connectivity index is 2.63. The normalized spacial score (nSPS) is 9.71. The van der Waals surface area contributed by atoms with E-state index in [4.69, 9.17) is 5.73 Å². The van der Waals surface area contributed by atoms with Gasteiger partial charge in [-0.05, 0) is 17.7 Å². The number of hydrogen-bond donors (Lipinski definition) is 2. The molecule has 0 aliphatic heterocycles. The zero-order valence-corrected chi connectivity index (χ0v) is 7.99. The SMILES string of the molecule is C=CCNCc1cccc(C(N)=O)c1. The van der Waals surface area contributed by atoms with Gasteiger partial charge in [-0.25, -0.2) is 0 Å². The summed E-state index contributed by atoms with van der Waals surface area (Å²) in [4.78, 5) is 10.9. The zero-order chi connectivity index (χ0) is 10.4. The van der Waals surface area contributed by atoms with E-state index >= 15 is 0 Å². The van der Waals surface area contributed by atoms with E-state index in [0.717, 1.165) is 12.1 Å². The standard InChI is InChI=1S/C11H14N2O/c1-2-6-13-8-9-4-3-5-10(7-9)11(12)14/h2-5,7,13H,1,6,8H2,(H2,12,14). The summed E-state index contributed by atoms with van der Waals surface area (Å²) in [5, 5.41) is 3.15. The average Bonchev–Trinajstić information content (AvgIpc) is 2.19. The molecule has 3 nitrogen and oxygen atoms in total. The number of nitrogens with two attached hydrogens (primary N) is 1. The molecular formula is C11H14N2O. The monoisotopic (exact) mass is 190 g/mol. The molecule has 0 saturated carbocycles. The van der Waals surface area contributed by atoms with E-state index in [9.17, 15) is 4.79 Å². The van der Waals surface area contributed by atoms with Crippen molar-refractivity contribution in [3.05, 3.63) is 48.0 Å². The summed E-state index contributed by atoms with van der Waals surface area (Å²) in [6, 6.07) is 7.27. The van der Waals surface area contributed by atoms with Crippen molar-refractivity contribution in [3.63, 3.8) is 0 Å². The van der Waals surface area contributed by atoms with Gasteiger partial charge < -0.3 is 11.1 Å². The van der Waals surface area contributed by atoms with Gasteiger partial charge in [0.25, 0.3) is 0 Å². The van der Waals surface area contributed by atoms with Crippen LogP contribution in [0.15, 0.2) is 36.9 Å². The molecule has 0 spiro atoms. The fraction of sp³-hybridized carbons (Fsp3) is 0.182. The van der Waals surface area contributed by atoms with Crippen LogP contribution < -0.4 is 11.1 Å². The molecule has 3 N–H and O–H groups in total. The maximum Gasteiger partial charge on any atom is 0.248 e. The van der Waals surface area contributed by atoms with Crippen LogP contribution in [0, 0.1) is 0 Å². The molecule has 1 aromatic carbocycles. The summed E-state index contributed by atoms with van der Waals surface area (Å²) < 4.78 is 0. The van der Waals surface area contributed by atoms with Gasteiger partial charge in [-0.1, -0.05) is 18.2 Å². The summed E-state index contributed by atoms with van der Waals surface area (Å²) >= 11 is 0. The Hall–Kier alpha value is -1.61. The average molecular weight is 190 g/mol. The van der Waals surface area contributed by atoms with E-state index in [2.05, 4.69) is 11.9 Å². The highest BCUT2D eigenvalue weighted by atomic mass is 16.1. The van der Waals surface area contributed by atoms with Crippen LogP contribution in [0.1, 0.15) is 15.9 Å². The van der Waals surface area contributed by atoms with Gasteiger partial charge in [0, 0.05) is 18.7 Å². The van der Waals surface area contributed by atoms with E-state index in [1.54, 1.807) is 18.2 Å². The molecule has 0 radical (unpaired) electrons. The molecule has 0 aliphatic carbocycles. The maximum absolute atomic E-state index is 10.9. The highest BCUT2D eigenvalue weighted by molar-refractivity contribution is 5.92. The minimum Gasteiger partial charge on any atom is -0.366 e. The number of primary amides is 1. The molecule has 0 fully saturated rings. The van der Waals surface area contributed by atoms with Crippen molar-refractivity contribution in [2.45, 2.75) is 6.54 Å². The van der Waals surface area contributed by atoms with E-state index < -0.39 is 5.91 Å². The van der Waals surface area contributed by atoms with Crippen LogP contribution in [0.2, 0.25) is 0 Å². The molecule has 1 rings (SSSR count). The Labute approximate surface area is 83.6 Å². The zero-order valence-electron chi connectivity index (χ0n) is 7.99. The molecule has 0 aromatic heterocycles. The lowest BCUT2D eigenvalue weighted by molar-refractivity contribution is 0.1000. The number of amides is 1. The number of carbonyl (C=O) groups excluding carboxylic acids is 1. The number of carbonyl (C=O) groups is 1. The molecule has 74 valence electrons. The van der Waals surface area contributed by atoms with E-state index in [1.807, 2.05) is 12.1 Å². The highest BCUT2D eigenvalue weighted by Gasteiger charge is 1.99. The lowest BCUT2D eigenvalue weighted by Gasteiger charge is -2.03. The third kappa shape index (κ3) is 3.03. The topological polar surface area (TPSA) is 55.1 Å². The van der Waals surface area contributed by atoms with Crippen LogP contribution in [0.5, 0.6) is 0 Å². The highest BCUT2D eigenvalue weighted by Crippen LogP contribution is 2.03. The number of rotatable bonds is 5. The second kappa shape index (κ2) is 5.19. The molecule has 0 saturated heterocycles. The van der Waals surface area contributed by atoms with E-state index in [0.29, 0.717) is 12.1 Å². The summed E-state index contributed by atoms with van der Waals surface area (Å²) in [5.74, 6) is -0.393. The van der Waals surface area contributed by atoms with Crippen molar-refractivity contribution in [3.8, 4) is 0 Å². The van der Waals surface area contributed by atoms with E-state index in [-0.39, 0.29) is 0 Å². The van der Waals surface area contributed by atoms with Crippen molar-refractivity contribution in [2.24, 2.45) is 5.73 Å². The molecule has 0 heterocycles. The maximum atomic E-state index is 10.9. The molecule has 1 amide bonds. The van der Waals surface area contributed by atoms with Crippen LogP contribution in [0.4, 0.5) is 0 Å². The predicted molar refractivity (Wildman–Crippen MR) is 56.9 cm³/mol. The Bertz CT molecular complexity index is 334. The number of benzene rings is 1. The Morgan fingerprint density at radius 1 is 1.57 bits per heavy atom. The lowest BCUT2D eigenvalue weighted by atomic mass is 10.1. The third-order valence-corrected chi connectivity index (χ3v) is 1.83. The van der Waals surface area contributed by atoms with Crippen LogP contribution >= 0.6 is 0 Å². The van der Waals surface area contributed by atoms with Crippen LogP contribution in [0.25, 0.3) is 0 Å². The molecule has 0 atom stereocenters. The molecule has 3 heteroatoms. The molecule has 0 bridgehead atoms.